The third-order valence-electron chi connectivity index (χ3n) is 7.08. The summed E-state index contributed by atoms with van der Waals surface area (Å²) in [5.74, 6) is 0.423. The van der Waals surface area contributed by atoms with Gasteiger partial charge in [-0.05, 0) is 94.0 Å². The highest BCUT2D eigenvalue weighted by atomic mass is 79.9. The normalized spacial score (nSPS) is 29.1. The third-order valence-corrected chi connectivity index (χ3v) is 7.52. The predicted octanol–water partition coefficient (Wildman–Crippen LogP) is 4.99. The zero-order valence-corrected chi connectivity index (χ0v) is 21.9. The third kappa shape index (κ3) is 5.70. The Morgan fingerprint density at radius 3 is 2.67 bits per heavy atom. The van der Waals surface area contributed by atoms with Gasteiger partial charge in [-0.25, -0.2) is 9.78 Å². The molecule has 1 spiro atoms. The van der Waals surface area contributed by atoms with Gasteiger partial charge in [0.25, 0.3) is 0 Å². The minimum atomic E-state index is -0.608. The second-order valence-corrected chi connectivity index (χ2v) is 11.9. The fourth-order valence-electron chi connectivity index (χ4n) is 5.48. The van der Waals surface area contributed by atoms with E-state index in [4.69, 9.17) is 4.74 Å². The van der Waals surface area contributed by atoms with E-state index in [2.05, 4.69) is 38.2 Å². The van der Waals surface area contributed by atoms with E-state index < -0.39 is 17.7 Å². The molecule has 3 aliphatic rings. The molecule has 0 aromatic carbocycles. The molecule has 8 heteroatoms. The number of pyridine rings is 1. The zero-order chi connectivity index (χ0) is 23.8. The van der Waals surface area contributed by atoms with E-state index in [0.717, 1.165) is 37.9 Å². The number of ether oxygens (including phenoxy) is 1. The van der Waals surface area contributed by atoms with Gasteiger partial charge in [0, 0.05) is 18.0 Å². The highest BCUT2D eigenvalue weighted by Gasteiger charge is 2.68. The van der Waals surface area contributed by atoms with Crippen LogP contribution in [0.25, 0.3) is 0 Å². The van der Waals surface area contributed by atoms with Crippen LogP contribution in [0.4, 0.5) is 10.6 Å². The maximum atomic E-state index is 13.5. The predicted molar refractivity (Wildman–Crippen MR) is 132 cm³/mol. The number of carbonyl (C=O) groups is 2. The molecule has 1 aromatic heterocycles. The largest absolute Gasteiger partial charge is 0.444 e. The molecular formula is C25H37BrN4O3. The number of carbonyl (C=O) groups excluding carboxylic acids is 2. The summed E-state index contributed by atoms with van der Waals surface area (Å²) in [6.07, 6.45) is 7.96. The van der Waals surface area contributed by atoms with Gasteiger partial charge in [0.2, 0.25) is 5.91 Å². The van der Waals surface area contributed by atoms with Crippen LogP contribution >= 0.6 is 15.9 Å². The lowest BCUT2D eigenvalue weighted by Crippen LogP contribution is -2.47. The van der Waals surface area contributed by atoms with Gasteiger partial charge < -0.3 is 15.0 Å². The van der Waals surface area contributed by atoms with Crippen molar-refractivity contribution in [2.24, 2.45) is 5.41 Å². The van der Waals surface area contributed by atoms with Crippen LogP contribution in [0, 0.1) is 5.41 Å². The van der Waals surface area contributed by atoms with Gasteiger partial charge >= 0.3 is 6.09 Å². The summed E-state index contributed by atoms with van der Waals surface area (Å²) in [6.45, 7) is 7.55. The van der Waals surface area contributed by atoms with Crippen molar-refractivity contribution in [1.29, 1.82) is 0 Å². The molecule has 1 saturated heterocycles. The van der Waals surface area contributed by atoms with Crippen molar-refractivity contribution in [3.05, 3.63) is 22.3 Å². The van der Waals surface area contributed by atoms with Gasteiger partial charge in [-0.2, -0.15) is 0 Å². The molecule has 2 fully saturated rings. The van der Waals surface area contributed by atoms with Gasteiger partial charge in [0.15, 0.2) is 0 Å². The molecule has 1 aliphatic carbocycles. The molecule has 1 N–H and O–H groups in total. The Balaban J connectivity index is 1.62. The molecule has 4 rings (SSSR count). The van der Waals surface area contributed by atoms with Crippen molar-refractivity contribution < 1.29 is 14.3 Å². The summed E-state index contributed by atoms with van der Waals surface area (Å²) in [5.41, 5.74) is 0.404. The fourth-order valence-corrected chi connectivity index (χ4v) is 5.79. The number of anilines is 1. The molecule has 2 amide bonds. The average molecular weight is 522 g/mol. The lowest BCUT2D eigenvalue weighted by atomic mass is 9.98. The molecule has 182 valence electrons. The van der Waals surface area contributed by atoms with Crippen molar-refractivity contribution >= 4 is 33.7 Å². The van der Waals surface area contributed by atoms with E-state index in [-0.39, 0.29) is 17.4 Å². The standard InChI is InChI=1S/C25H37BrN4O3/c1-24(2,3)33-23(32)30-18-14-25(15-19(25)30)16-29(4)13-9-7-5-6-8-10-17-11-12-20(26)27-21(17)28-22(18)31/h11-12,18-19H,5-10,13-16H2,1-4H3,(H,27,28,31)/t18-,19+,25-/m0/s1. The molecule has 3 atom stereocenters. The van der Waals surface area contributed by atoms with E-state index in [9.17, 15) is 9.59 Å². The Hall–Kier alpha value is -1.67. The fraction of sp³-hybridized carbons (Fsp3) is 0.720. The average Bonchev–Trinajstić information content (AvgIpc) is 3.29. The number of aryl methyl sites for hydroxylation is 1. The van der Waals surface area contributed by atoms with Crippen molar-refractivity contribution in [3.8, 4) is 0 Å². The number of nitrogens with zero attached hydrogens (tertiary/aromatic N) is 3. The number of hydrogen-bond acceptors (Lipinski definition) is 5. The van der Waals surface area contributed by atoms with Gasteiger partial charge in [0.05, 0.1) is 0 Å². The maximum absolute atomic E-state index is 13.5. The molecule has 3 heterocycles. The number of halogens is 1. The van der Waals surface area contributed by atoms with Crippen molar-refractivity contribution in [2.45, 2.75) is 89.8 Å². The minimum Gasteiger partial charge on any atom is -0.444 e. The van der Waals surface area contributed by atoms with Gasteiger partial charge in [-0.3, -0.25) is 9.69 Å². The van der Waals surface area contributed by atoms with Crippen molar-refractivity contribution in [1.82, 2.24) is 14.8 Å². The van der Waals surface area contributed by atoms with Crippen molar-refractivity contribution in [2.75, 3.05) is 25.5 Å². The molecule has 2 aliphatic heterocycles. The Kier molecular flexibility index (Phi) is 7.06. The number of fused-ring (bicyclic) bond motifs is 2. The number of piperidine rings is 1. The molecular weight excluding hydrogens is 484 g/mol. The first-order chi connectivity index (χ1) is 15.6. The van der Waals surface area contributed by atoms with Gasteiger partial charge in [0.1, 0.15) is 22.1 Å². The summed E-state index contributed by atoms with van der Waals surface area (Å²) < 4.78 is 6.41. The number of rotatable bonds is 0. The summed E-state index contributed by atoms with van der Waals surface area (Å²) in [7, 11) is 2.16. The monoisotopic (exact) mass is 520 g/mol. The van der Waals surface area contributed by atoms with Gasteiger partial charge in [-0.15, -0.1) is 0 Å². The Bertz CT molecular complexity index is 902. The first-order valence-electron chi connectivity index (χ1n) is 12.2. The smallest absolute Gasteiger partial charge is 0.411 e. The van der Waals surface area contributed by atoms with Crippen LogP contribution in [0.15, 0.2) is 16.7 Å². The van der Waals surface area contributed by atoms with E-state index >= 15 is 0 Å². The first-order valence-corrected chi connectivity index (χ1v) is 13.0. The number of aromatic nitrogens is 1. The molecule has 33 heavy (non-hydrogen) atoms. The van der Waals surface area contributed by atoms with Crippen LogP contribution in [0.5, 0.6) is 0 Å². The lowest BCUT2D eigenvalue weighted by molar-refractivity contribution is -0.121. The second-order valence-electron chi connectivity index (χ2n) is 11.1. The second kappa shape index (κ2) is 9.53. The quantitative estimate of drug-likeness (QED) is 0.487. The number of likely N-dealkylation sites (tertiary alicyclic amines) is 1. The zero-order valence-electron chi connectivity index (χ0n) is 20.3. The van der Waals surface area contributed by atoms with Crippen LogP contribution in [-0.2, 0) is 16.0 Å². The summed E-state index contributed by atoms with van der Waals surface area (Å²) in [4.78, 5) is 35.4. The molecule has 2 bridgehead atoms. The number of nitrogens with one attached hydrogen (secondary N) is 1. The van der Waals surface area contributed by atoms with Gasteiger partial charge in [-0.1, -0.05) is 25.3 Å². The summed E-state index contributed by atoms with van der Waals surface area (Å²) >= 11 is 3.44. The van der Waals surface area contributed by atoms with E-state index in [0.29, 0.717) is 16.8 Å². The molecule has 1 aromatic rings. The maximum Gasteiger partial charge on any atom is 0.411 e. The van der Waals surface area contributed by atoms with E-state index in [1.54, 1.807) is 4.90 Å². The lowest BCUT2D eigenvalue weighted by Gasteiger charge is -2.30. The number of hydrogen-bond donors (Lipinski definition) is 1. The summed E-state index contributed by atoms with van der Waals surface area (Å²) in [5, 5.41) is 3.06. The SMILES string of the molecule is CN1CCCCCCCc2ccc(Br)nc2NC(=O)[C@@H]2C[C@]3(C[C@H]3N2C(=O)OC(C)(C)C)C1. The van der Waals surface area contributed by atoms with E-state index in [1.807, 2.05) is 32.9 Å². The molecule has 7 nitrogen and oxygen atoms in total. The van der Waals surface area contributed by atoms with Crippen LogP contribution in [-0.4, -0.2) is 64.6 Å². The molecule has 1 saturated carbocycles. The Morgan fingerprint density at radius 1 is 1.18 bits per heavy atom. The minimum absolute atomic E-state index is 0.0295. The topological polar surface area (TPSA) is 74.8 Å². The summed E-state index contributed by atoms with van der Waals surface area (Å²) in [6, 6.07) is 3.46. The Morgan fingerprint density at radius 2 is 1.91 bits per heavy atom. The van der Waals surface area contributed by atoms with Crippen LogP contribution < -0.4 is 5.32 Å². The molecule has 0 radical (unpaired) electrons. The Labute approximate surface area is 205 Å². The molecule has 0 unspecified atom stereocenters. The van der Waals surface area contributed by atoms with E-state index in [1.165, 1.54) is 25.7 Å². The number of amides is 2. The van der Waals surface area contributed by atoms with Crippen LogP contribution in [0.3, 0.4) is 0 Å². The van der Waals surface area contributed by atoms with Crippen LogP contribution in [0.1, 0.15) is 71.3 Å². The highest BCUT2D eigenvalue weighted by molar-refractivity contribution is 9.10. The van der Waals surface area contributed by atoms with Crippen molar-refractivity contribution in [3.63, 3.8) is 0 Å². The highest BCUT2D eigenvalue weighted by Crippen LogP contribution is 2.60. The first kappa shape index (κ1) is 24.5. The van der Waals surface area contributed by atoms with Crippen LogP contribution in [0.2, 0.25) is 0 Å².